The highest BCUT2D eigenvalue weighted by Crippen LogP contribution is 2.42. The second-order valence-corrected chi connectivity index (χ2v) is 20.0. The summed E-state index contributed by atoms with van der Waals surface area (Å²) in [5.41, 5.74) is 1.19. The minimum absolute atomic E-state index is 0.0186. The number of piperazine rings is 1. The molecular formula is C52H49F3N8O8S. The molecule has 16 nitrogen and oxygen atoms in total. The lowest BCUT2D eigenvalue weighted by atomic mass is 9.86. The van der Waals surface area contributed by atoms with Gasteiger partial charge in [-0.1, -0.05) is 33.8 Å². The van der Waals surface area contributed by atoms with E-state index in [4.69, 9.17) is 14.5 Å². The van der Waals surface area contributed by atoms with Crippen LogP contribution in [0, 0.1) is 18.6 Å². The van der Waals surface area contributed by atoms with Gasteiger partial charge in [0.05, 0.1) is 56.2 Å². The molecule has 2 N–H and O–H groups in total. The third-order valence-corrected chi connectivity index (χ3v) is 15.4. The monoisotopic (exact) mass is 1000 g/mol. The van der Waals surface area contributed by atoms with Gasteiger partial charge in [-0.05, 0) is 92.3 Å². The van der Waals surface area contributed by atoms with E-state index in [9.17, 15) is 33.2 Å². The van der Waals surface area contributed by atoms with Crippen LogP contribution in [0.15, 0.2) is 81.6 Å². The number of fused-ring (bicyclic) bond motifs is 6. The highest BCUT2D eigenvalue weighted by Gasteiger charge is 2.45. The fraction of sp³-hybridized carbons (Fsp3) is 0.327. The first kappa shape index (κ1) is 48.3. The van der Waals surface area contributed by atoms with Crippen LogP contribution in [0.25, 0.3) is 50.3 Å². The van der Waals surface area contributed by atoms with Crippen LogP contribution in [-0.4, -0.2) is 86.0 Å². The summed E-state index contributed by atoms with van der Waals surface area (Å²) < 4.78 is 76.1. The molecule has 3 aliphatic rings. The number of carbonyl (C=O) groups excluding carboxylic acids is 1. The van der Waals surface area contributed by atoms with E-state index in [0.29, 0.717) is 46.0 Å². The van der Waals surface area contributed by atoms with Gasteiger partial charge in [-0.15, -0.1) is 0 Å². The Hall–Kier alpha value is -7.29. The average Bonchev–Trinajstić information content (AvgIpc) is 3.73. The van der Waals surface area contributed by atoms with Crippen molar-refractivity contribution >= 4 is 44.7 Å². The molecule has 0 radical (unpaired) electrons. The van der Waals surface area contributed by atoms with Crippen LogP contribution < -0.4 is 20.9 Å². The van der Waals surface area contributed by atoms with E-state index in [-0.39, 0.29) is 96.5 Å². The summed E-state index contributed by atoms with van der Waals surface area (Å²) in [6, 6.07) is 12.7. The molecule has 0 bridgehead atoms. The average molecular weight is 1000 g/mol. The lowest BCUT2D eigenvalue weighted by Gasteiger charge is -2.40. The van der Waals surface area contributed by atoms with Gasteiger partial charge < -0.3 is 29.2 Å². The van der Waals surface area contributed by atoms with E-state index in [2.05, 4.69) is 15.0 Å². The first-order valence-corrected chi connectivity index (χ1v) is 24.6. The van der Waals surface area contributed by atoms with Crippen molar-refractivity contribution in [2.45, 2.75) is 85.1 Å². The molecule has 372 valence electrons. The number of cyclic esters (lactones) is 1. The molecule has 7 aromatic rings. The van der Waals surface area contributed by atoms with Gasteiger partial charge >= 0.3 is 11.7 Å². The molecule has 1 fully saturated rings. The largest absolute Gasteiger partial charge is 0.507 e. The molecule has 0 saturated carbocycles. The molecule has 3 atom stereocenters. The minimum Gasteiger partial charge on any atom is -0.507 e. The number of phenols is 1. The van der Waals surface area contributed by atoms with Gasteiger partial charge in [-0.2, -0.15) is 4.98 Å². The number of nitrogens with zero attached hydrogens (tertiary/aromatic N) is 8. The lowest BCUT2D eigenvalue weighted by Crippen LogP contribution is -2.53. The Morgan fingerprint density at radius 2 is 1.79 bits per heavy atom. The fourth-order valence-electron chi connectivity index (χ4n) is 10.2. The van der Waals surface area contributed by atoms with Crippen molar-refractivity contribution in [2.75, 3.05) is 31.1 Å². The normalized spacial score (nSPS) is 18.4. The summed E-state index contributed by atoms with van der Waals surface area (Å²) in [7, 11) is -2.03. The highest BCUT2D eigenvalue weighted by molar-refractivity contribution is 7.86. The molecule has 2 aromatic carbocycles. The van der Waals surface area contributed by atoms with Crippen molar-refractivity contribution in [3.63, 3.8) is 0 Å². The molecule has 5 aromatic heterocycles. The topological polar surface area (TPSA) is 195 Å². The van der Waals surface area contributed by atoms with Crippen molar-refractivity contribution in [3.8, 4) is 39.8 Å². The Bertz CT molecular complexity index is 3600. The number of pyridine rings is 4. The van der Waals surface area contributed by atoms with Crippen molar-refractivity contribution in [3.05, 3.63) is 138 Å². The first-order valence-electron chi connectivity index (χ1n) is 23.5. The third-order valence-electron chi connectivity index (χ3n) is 13.9. The molecule has 1 unspecified atom stereocenters. The van der Waals surface area contributed by atoms with E-state index < -0.39 is 62.9 Å². The van der Waals surface area contributed by atoms with E-state index in [0.717, 1.165) is 28.6 Å². The molecule has 8 heterocycles. The van der Waals surface area contributed by atoms with Crippen molar-refractivity contribution < 1.29 is 41.9 Å². The molecule has 20 heteroatoms. The maximum Gasteiger partial charge on any atom is 0.355 e. The van der Waals surface area contributed by atoms with Crippen molar-refractivity contribution in [2.24, 2.45) is 0 Å². The van der Waals surface area contributed by atoms with E-state index in [1.54, 1.807) is 71.1 Å². The van der Waals surface area contributed by atoms with Gasteiger partial charge in [0.25, 0.3) is 5.56 Å². The van der Waals surface area contributed by atoms with E-state index in [1.807, 2.05) is 20.8 Å². The highest BCUT2D eigenvalue weighted by atomic mass is 32.2. The number of aromatic hydroxyl groups is 1. The number of hydrogen-bond donors (Lipinski definition) is 2. The summed E-state index contributed by atoms with van der Waals surface area (Å²) in [6.45, 7) is 10.9. The Kier molecular flexibility index (Phi) is 12.3. The summed E-state index contributed by atoms with van der Waals surface area (Å²) in [6.07, 6.45) is 2.44. The maximum absolute atomic E-state index is 16.3. The molecule has 0 spiro atoms. The van der Waals surface area contributed by atoms with Gasteiger partial charge in [-0.25, -0.2) is 45.8 Å². The van der Waals surface area contributed by atoms with Gasteiger partial charge in [0.2, 0.25) is 0 Å². The van der Waals surface area contributed by atoms with Gasteiger partial charge in [0, 0.05) is 48.4 Å². The second kappa shape index (κ2) is 18.4. The van der Waals surface area contributed by atoms with E-state index in [1.165, 1.54) is 16.7 Å². The number of halogens is 3. The summed E-state index contributed by atoms with van der Waals surface area (Å²) >= 11 is 0. The number of carbonyl (C=O) groups is 1. The zero-order chi connectivity index (χ0) is 51.1. The zero-order valence-corrected chi connectivity index (χ0v) is 40.9. The number of aryl methyl sites for hydroxylation is 2. The van der Waals surface area contributed by atoms with Crippen LogP contribution in [0.1, 0.15) is 80.5 Å². The summed E-state index contributed by atoms with van der Waals surface area (Å²) in [5.74, 6) is -3.00. The predicted octanol–water partition coefficient (Wildman–Crippen LogP) is 7.28. The Balaban J connectivity index is 0.914. The number of hydrogen-bond acceptors (Lipinski definition) is 13. The first-order chi connectivity index (χ1) is 34.5. The van der Waals surface area contributed by atoms with Crippen LogP contribution >= 0.6 is 0 Å². The predicted molar refractivity (Wildman–Crippen MR) is 264 cm³/mol. The van der Waals surface area contributed by atoms with Crippen LogP contribution in [0.2, 0.25) is 0 Å². The van der Waals surface area contributed by atoms with Gasteiger partial charge in [-0.3, -0.25) is 9.78 Å². The number of ether oxygens (including phenoxy) is 2. The summed E-state index contributed by atoms with van der Waals surface area (Å²) in [5, 5.41) is 22.8. The smallest absolute Gasteiger partial charge is 0.355 e. The summed E-state index contributed by atoms with van der Waals surface area (Å²) in [4.78, 5) is 61.0. The van der Waals surface area contributed by atoms with Crippen LogP contribution in [0.5, 0.6) is 11.5 Å². The lowest BCUT2D eigenvalue weighted by molar-refractivity contribution is -0.172. The van der Waals surface area contributed by atoms with Crippen LogP contribution in [-0.2, 0) is 45.7 Å². The number of esters is 1. The molecule has 72 heavy (non-hydrogen) atoms. The SMILES string of the molecule is CCc1c2c(nc3ccc(OC/C(=C/F)S(=O)N4CCN(c5nc(=O)n(-c6c(C)ccnc6C(C)C)c6nc(-c7c(O)cccc7F)c(F)cc56)[C@@H](C)C4)cc13)-c1cc3c(c(=O)n1C2)COC(=O)[C@]3(O)CC. The molecular weight excluding hydrogens is 954 g/mol. The van der Waals surface area contributed by atoms with Gasteiger partial charge in [0.1, 0.15) is 59.4 Å². The quantitative estimate of drug-likeness (QED) is 0.123. The number of phenolic OH excluding ortho intramolecular Hbond substituents is 1. The Labute approximate surface area is 412 Å². The number of aliphatic hydroxyl groups is 1. The Morgan fingerprint density at radius 3 is 2.50 bits per heavy atom. The van der Waals surface area contributed by atoms with E-state index >= 15 is 8.78 Å². The number of aromatic nitrogens is 6. The minimum atomic E-state index is -2.03. The molecule has 3 aliphatic heterocycles. The number of benzene rings is 2. The molecule has 10 rings (SSSR count). The van der Waals surface area contributed by atoms with Crippen molar-refractivity contribution in [1.29, 1.82) is 0 Å². The number of rotatable bonds is 11. The molecule has 0 amide bonds. The van der Waals surface area contributed by atoms with Crippen LogP contribution in [0.4, 0.5) is 19.0 Å². The van der Waals surface area contributed by atoms with Crippen molar-refractivity contribution in [1.82, 2.24) is 33.4 Å². The zero-order valence-electron chi connectivity index (χ0n) is 40.1. The van der Waals surface area contributed by atoms with Crippen LogP contribution in [0.3, 0.4) is 0 Å². The standard InChI is InChI=1S/C52H49F3N8O8S/c1-7-31-32-18-29(12-13-39(32)57-44-34(31)23-62-40(44)20-36-35(49(62)65)25-71-50(66)52(36,68)8-2)70-24-30(21-53)72(69)60-16-17-61(28(6)22-60)47-33-19-38(55)45(42-37(54)10-9-11-41(42)64)58-48(33)63(51(67)59-47)46-27(5)14-15-56-43(46)26(3)4/h9-15,18-21,26,28,64,68H,7-8,16-17,22-25H2,1-6H3/b30-21-/t28-,52-,72?/m0/s1. The third kappa shape index (κ3) is 7.73. The fourth-order valence-corrected chi connectivity index (χ4v) is 11.4. The second-order valence-electron chi connectivity index (χ2n) is 18.5. The Morgan fingerprint density at radius 1 is 1.00 bits per heavy atom. The molecule has 0 aliphatic carbocycles. The van der Waals surface area contributed by atoms with Gasteiger partial charge in [0.15, 0.2) is 17.1 Å². The molecule has 1 saturated heterocycles. The maximum atomic E-state index is 16.3. The number of anilines is 1.